The number of methoxy groups -OCH3 is 1. The summed E-state index contributed by atoms with van der Waals surface area (Å²) in [4.78, 5) is 22.1. The fourth-order valence-electron chi connectivity index (χ4n) is 0.764. The summed E-state index contributed by atoms with van der Waals surface area (Å²) >= 11 is 0. The molecule has 1 unspecified atom stereocenters. The molecular weight excluding hydrogens is 210 g/mol. The van der Waals surface area contributed by atoms with Crippen LogP contribution in [0.25, 0.3) is 0 Å². The number of rotatable bonds is 2. The van der Waals surface area contributed by atoms with Crippen molar-refractivity contribution < 1.29 is 14.3 Å². The second-order valence-corrected chi connectivity index (χ2v) is 8.93. The first kappa shape index (κ1) is 13.7. The quantitative estimate of drug-likeness (QED) is 0.426. The number of amides is 1. The molecule has 0 aromatic carbocycles. The van der Waals surface area contributed by atoms with Gasteiger partial charge < -0.3 is 10.1 Å². The Morgan fingerprint density at radius 1 is 1.33 bits per heavy atom. The Morgan fingerprint density at radius 3 is 2.20 bits per heavy atom. The van der Waals surface area contributed by atoms with Crippen molar-refractivity contribution in [3.8, 4) is 11.5 Å². The number of hydrogen-bond donors (Lipinski definition) is 1. The highest BCUT2D eigenvalue weighted by Crippen LogP contribution is 1.97. The number of carbonyl (C=O) groups excluding carboxylic acids is 2. The monoisotopic (exact) mass is 227 g/mol. The molecule has 1 amide bonds. The van der Waals surface area contributed by atoms with Crippen LogP contribution in [0.2, 0.25) is 19.6 Å². The second kappa shape index (κ2) is 5.56. The number of nitrogens with one attached hydrogen (secondary N) is 1. The van der Waals surface area contributed by atoms with E-state index in [2.05, 4.69) is 41.2 Å². The molecule has 0 aliphatic rings. The van der Waals surface area contributed by atoms with E-state index in [0.29, 0.717) is 0 Å². The van der Waals surface area contributed by atoms with E-state index < -0.39 is 20.1 Å². The number of carbonyl (C=O) groups is 2. The molecular formula is C10H17NO3Si. The third-order valence-electron chi connectivity index (χ3n) is 1.38. The van der Waals surface area contributed by atoms with Crippen molar-refractivity contribution in [1.29, 1.82) is 0 Å². The van der Waals surface area contributed by atoms with Gasteiger partial charge in [-0.25, -0.2) is 4.79 Å². The lowest BCUT2D eigenvalue weighted by Gasteiger charge is -2.10. The smallest absolute Gasteiger partial charge is 0.341 e. The molecule has 15 heavy (non-hydrogen) atoms. The largest absolute Gasteiger partial charge is 0.467 e. The van der Waals surface area contributed by atoms with E-state index in [1.807, 2.05) is 0 Å². The van der Waals surface area contributed by atoms with Crippen LogP contribution < -0.4 is 5.32 Å². The van der Waals surface area contributed by atoms with E-state index in [4.69, 9.17) is 0 Å². The van der Waals surface area contributed by atoms with Gasteiger partial charge in [-0.05, 0) is 0 Å². The Bertz CT molecular complexity index is 309. The maximum Gasteiger partial charge on any atom is 0.341 e. The fraction of sp³-hybridized carbons (Fsp3) is 0.600. The highest BCUT2D eigenvalue weighted by atomic mass is 28.3. The topological polar surface area (TPSA) is 55.4 Å². The van der Waals surface area contributed by atoms with Gasteiger partial charge in [0, 0.05) is 6.92 Å². The van der Waals surface area contributed by atoms with E-state index >= 15 is 0 Å². The second-order valence-electron chi connectivity index (χ2n) is 4.18. The van der Waals surface area contributed by atoms with E-state index in [-0.39, 0.29) is 5.91 Å². The molecule has 0 rings (SSSR count). The first-order valence-electron chi connectivity index (χ1n) is 4.64. The van der Waals surface area contributed by atoms with Crippen LogP contribution in [0.15, 0.2) is 0 Å². The molecule has 0 spiro atoms. The molecule has 4 nitrogen and oxygen atoms in total. The van der Waals surface area contributed by atoms with E-state index in [9.17, 15) is 9.59 Å². The van der Waals surface area contributed by atoms with Crippen molar-refractivity contribution in [2.45, 2.75) is 32.6 Å². The molecule has 0 heterocycles. The lowest BCUT2D eigenvalue weighted by atomic mass is 10.3. The minimum Gasteiger partial charge on any atom is -0.467 e. The van der Waals surface area contributed by atoms with Crippen molar-refractivity contribution in [3.63, 3.8) is 0 Å². The first-order chi connectivity index (χ1) is 6.76. The van der Waals surface area contributed by atoms with Gasteiger partial charge in [-0.1, -0.05) is 25.6 Å². The lowest BCUT2D eigenvalue weighted by Crippen LogP contribution is -2.39. The van der Waals surface area contributed by atoms with E-state index in [1.54, 1.807) is 0 Å². The summed E-state index contributed by atoms with van der Waals surface area (Å²) in [5, 5.41) is 2.44. The molecule has 0 bridgehead atoms. The van der Waals surface area contributed by atoms with Gasteiger partial charge in [0.05, 0.1) is 7.11 Å². The summed E-state index contributed by atoms with van der Waals surface area (Å²) in [5.74, 6) is 1.92. The standard InChI is InChI=1S/C10H17NO3Si/c1-8(12)11-9(10(13)14-2)6-7-15(3,4)5/h9H,1-5H3,(H,11,12). The maximum atomic E-state index is 11.2. The zero-order chi connectivity index (χ0) is 12.1. The Labute approximate surface area is 91.4 Å². The van der Waals surface area contributed by atoms with Crippen LogP contribution in [-0.4, -0.2) is 33.1 Å². The predicted octanol–water partition coefficient (Wildman–Crippen LogP) is 0.545. The van der Waals surface area contributed by atoms with Crippen molar-refractivity contribution in [2.24, 2.45) is 0 Å². The molecule has 0 saturated carbocycles. The molecule has 1 atom stereocenters. The van der Waals surface area contributed by atoms with Crippen LogP contribution in [0.4, 0.5) is 0 Å². The summed E-state index contributed by atoms with van der Waals surface area (Å²) in [6.07, 6.45) is 0. The predicted molar refractivity (Wildman–Crippen MR) is 60.7 cm³/mol. The average molecular weight is 227 g/mol. The van der Waals surface area contributed by atoms with Gasteiger partial charge >= 0.3 is 5.97 Å². The molecule has 1 N–H and O–H groups in total. The first-order valence-corrected chi connectivity index (χ1v) is 8.14. The average Bonchev–Trinajstić information content (AvgIpc) is 2.09. The molecule has 84 valence electrons. The third kappa shape index (κ3) is 6.74. The van der Waals surface area contributed by atoms with Gasteiger partial charge in [0.25, 0.3) is 0 Å². The normalized spacial score (nSPS) is 12.1. The summed E-state index contributed by atoms with van der Waals surface area (Å²) in [7, 11) is -0.279. The van der Waals surface area contributed by atoms with Gasteiger partial charge in [-0.3, -0.25) is 4.79 Å². The van der Waals surface area contributed by atoms with Crippen molar-refractivity contribution in [2.75, 3.05) is 7.11 Å². The van der Waals surface area contributed by atoms with Crippen molar-refractivity contribution in [3.05, 3.63) is 0 Å². The molecule has 0 radical (unpaired) electrons. The van der Waals surface area contributed by atoms with E-state index in [0.717, 1.165) is 0 Å². The minimum atomic E-state index is -1.55. The van der Waals surface area contributed by atoms with Crippen LogP contribution >= 0.6 is 0 Å². The summed E-state index contributed by atoms with van der Waals surface area (Å²) in [6.45, 7) is 7.51. The van der Waals surface area contributed by atoms with Crippen molar-refractivity contribution in [1.82, 2.24) is 5.32 Å². The highest BCUT2D eigenvalue weighted by molar-refractivity contribution is 6.83. The Morgan fingerprint density at radius 2 is 1.87 bits per heavy atom. The maximum absolute atomic E-state index is 11.2. The minimum absolute atomic E-state index is 0.296. The lowest BCUT2D eigenvalue weighted by molar-refractivity contribution is -0.143. The Hall–Kier alpha value is -1.28. The van der Waals surface area contributed by atoms with Gasteiger partial charge in [0.15, 0.2) is 6.04 Å². The highest BCUT2D eigenvalue weighted by Gasteiger charge is 2.18. The fourth-order valence-corrected chi connectivity index (χ4v) is 1.34. The van der Waals surface area contributed by atoms with Gasteiger partial charge in [0.1, 0.15) is 8.07 Å². The molecule has 0 aromatic rings. The van der Waals surface area contributed by atoms with Crippen LogP contribution in [0.5, 0.6) is 0 Å². The SMILES string of the molecule is COC(=O)C(C#C[Si](C)(C)C)NC(C)=O. The Balaban J connectivity index is 4.70. The summed E-state index contributed by atoms with van der Waals surface area (Å²) < 4.78 is 4.54. The van der Waals surface area contributed by atoms with Gasteiger partial charge in [-0.15, -0.1) is 5.54 Å². The Kier molecular flexibility index (Phi) is 5.09. The van der Waals surface area contributed by atoms with Gasteiger partial charge in [0.2, 0.25) is 5.91 Å². The number of ether oxygens (including phenoxy) is 1. The number of hydrogen-bond acceptors (Lipinski definition) is 3. The molecule has 5 heteroatoms. The van der Waals surface area contributed by atoms with Crippen LogP contribution in [0.1, 0.15) is 6.92 Å². The molecule has 0 saturated heterocycles. The van der Waals surface area contributed by atoms with Crippen LogP contribution in [-0.2, 0) is 14.3 Å². The molecule has 0 fully saturated rings. The van der Waals surface area contributed by atoms with Gasteiger partial charge in [-0.2, -0.15) is 0 Å². The molecule has 0 aromatic heterocycles. The zero-order valence-corrected chi connectivity index (χ0v) is 10.8. The van der Waals surface area contributed by atoms with E-state index in [1.165, 1.54) is 14.0 Å². The van der Waals surface area contributed by atoms with Crippen LogP contribution in [0, 0.1) is 11.5 Å². The zero-order valence-electron chi connectivity index (χ0n) is 9.80. The number of esters is 1. The third-order valence-corrected chi connectivity index (χ3v) is 2.27. The van der Waals surface area contributed by atoms with Crippen LogP contribution in [0.3, 0.4) is 0 Å². The molecule has 0 aliphatic heterocycles. The summed E-state index contributed by atoms with van der Waals surface area (Å²) in [6, 6.07) is -0.848. The summed E-state index contributed by atoms with van der Waals surface area (Å²) in [5.41, 5.74) is 3.02. The molecule has 0 aliphatic carbocycles. The van der Waals surface area contributed by atoms with Crippen molar-refractivity contribution >= 4 is 20.0 Å².